The Balaban J connectivity index is 0.00000312. The molecule has 1 aromatic carbocycles. The number of carboxylic acids is 1. The summed E-state index contributed by atoms with van der Waals surface area (Å²) in [7, 11) is 0. The Labute approximate surface area is 149 Å². The largest absolute Gasteiger partial charge is 0.481 e. The molecule has 0 bridgehead atoms. The quantitative estimate of drug-likeness (QED) is 0.822. The first-order valence-electron chi connectivity index (χ1n) is 7.51. The summed E-state index contributed by atoms with van der Waals surface area (Å²) in [5.41, 5.74) is 1.93. The second kappa shape index (κ2) is 8.53. The molecule has 140 valence electrons. The van der Waals surface area contributed by atoms with Crippen LogP contribution in [0.2, 0.25) is 0 Å². The van der Waals surface area contributed by atoms with E-state index < -0.39 is 36.4 Å². The summed E-state index contributed by atoms with van der Waals surface area (Å²) >= 11 is 0. The van der Waals surface area contributed by atoms with E-state index in [1.54, 1.807) is 0 Å². The Kier molecular flexibility index (Phi) is 7.25. The zero-order valence-corrected chi connectivity index (χ0v) is 14.4. The molecule has 1 heterocycles. The van der Waals surface area contributed by atoms with Gasteiger partial charge in [0.05, 0.1) is 18.4 Å². The molecule has 0 aliphatic carbocycles. The van der Waals surface area contributed by atoms with Crippen LogP contribution in [0, 0.1) is 18.8 Å². The van der Waals surface area contributed by atoms with E-state index in [1.165, 1.54) is 4.90 Å². The number of alkyl halides is 3. The van der Waals surface area contributed by atoms with Crippen LogP contribution >= 0.6 is 12.4 Å². The van der Waals surface area contributed by atoms with Crippen LogP contribution in [0.1, 0.15) is 11.1 Å². The van der Waals surface area contributed by atoms with Gasteiger partial charge in [0.15, 0.2) is 0 Å². The minimum Gasteiger partial charge on any atom is -0.481 e. The number of halogens is 4. The Morgan fingerprint density at radius 3 is 2.52 bits per heavy atom. The lowest BCUT2D eigenvalue weighted by molar-refractivity contribution is -0.188. The molecule has 9 heteroatoms. The Bertz CT molecular complexity index is 625. The molecule has 5 nitrogen and oxygen atoms in total. The van der Waals surface area contributed by atoms with E-state index in [1.807, 2.05) is 31.2 Å². The summed E-state index contributed by atoms with van der Waals surface area (Å²) < 4.78 is 38.7. The van der Waals surface area contributed by atoms with Gasteiger partial charge in [0.2, 0.25) is 5.91 Å². The molecule has 0 saturated carbocycles. The number of aliphatic carboxylic acids is 1. The second-order valence-corrected chi connectivity index (χ2v) is 6.05. The summed E-state index contributed by atoms with van der Waals surface area (Å²) in [6.07, 6.45) is -4.59. The van der Waals surface area contributed by atoms with Gasteiger partial charge in [0.25, 0.3) is 0 Å². The molecule has 0 radical (unpaired) electrons. The third kappa shape index (κ3) is 5.89. The number of carboxylic acid groups (broad SMARTS) is 1. The number of rotatable bonds is 5. The van der Waals surface area contributed by atoms with Gasteiger partial charge in [-0.05, 0) is 12.5 Å². The third-order valence-corrected chi connectivity index (χ3v) is 4.07. The molecule has 1 aliphatic heterocycles. The smallest absolute Gasteiger partial charge is 0.393 e. The number of hydrogen-bond acceptors (Lipinski definition) is 3. The minimum absolute atomic E-state index is 0. The summed E-state index contributed by atoms with van der Waals surface area (Å²) in [5, 5.41) is 11.6. The van der Waals surface area contributed by atoms with Gasteiger partial charge in [0.1, 0.15) is 0 Å². The zero-order valence-electron chi connectivity index (χ0n) is 13.5. The van der Waals surface area contributed by atoms with Crippen molar-refractivity contribution in [1.29, 1.82) is 0 Å². The molecule has 2 N–H and O–H groups in total. The van der Waals surface area contributed by atoms with E-state index in [-0.39, 0.29) is 32.0 Å². The number of nitrogens with one attached hydrogen (secondary N) is 1. The molecular weight excluding hydrogens is 361 g/mol. The van der Waals surface area contributed by atoms with E-state index in [0.29, 0.717) is 0 Å². The van der Waals surface area contributed by atoms with E-state index in [2.05, 4.69) is 5.32 Å². The number of likely N-dealkylation sites (tertiary alicyclic amines) is 1. The lowest BCUT2D eigenvalue weighted by Crippen LogP contribution is -2.36. The summed E-state index contributed by atoms with van der Waals surface area (Å²) in [6, 6.07) is 7.50. The number of amides is 1. The molecule has 0 unspecified atom stereocenters. The van der Waals surface area contributed by atoms with Gasteiger partial charge >= 0.3 is 12.1 Å². The number of benzene rings is 1. The van der Waals surface area contributed by atoms with Crippen LogP contribution in [-0.2, 0) is 16.1 Å². The second-order valence-electron chi connectivity index (χ2n) is 6.05. The number of hydrogen-bond donors (Lipinski definition) is 2. The molecule has 1 saturated heterocycles. The summed E-state index contributed by atoms with van der Waals surface area (Å²) in [6.45, 7) is 1.19. The highest BCUT2D eigenvalue weighted by molar-refractivity contribution is 5.85. The van der Waals surface area contributed by atoms with E-state index in [4.69, 9.17) is 5.11 Å². The van der Waals surface area contributed by atoms with Crippen LogP contribution in [0.3, 0.4) is 0 Å². The van der Waals surface area contributed by atoms with Gasteiger partial charge in [-0.15, -0.1) is 12.4 Å². The van der Waals surface area contributed by atoms with Gasteiger partial charge < -0.3 is 10.4 Å². The van der Waals surface area contributed by atoms with Gasteiger partial charge in [-0.25, -0.2) is 0 Å². The van der Waals surface area contributed by atoms with Gasteiger partial charge in [0, 0.05) is 19.6 Å². The van der Waals surface area contributed by atoms with Gasteiger partial charge in [-0.1, -0.05) is 29.8 Å². The Morgan fingerprint density at radius 1 is 1.32 bits per heavy atom. The molecule has 25 heavy (non-hydrogen) atoms. The molecule has 1 amide bonds. The summed E-state index contributed by atoms with van der Waals surface area (Å²) in [5.74, 6) is -5.39. The zero-order chi connectivity index (χ0) is 17.9. The molecule has 0 aromatic heterocycles. The van der Waals surface area contributed by atoms with Crippen molar-refractivity contribution in [1.82, 2.24) is 10.2 Å². The highest BCUT2D eigenvalue weighted by Crippen LogP contribution is 2.37. The summed E-state index contributed by atoms with van der Waals surface area (Å²) in [4.78, 5) is 24.2. The molecule has 1 aromatic rings. The SMILES string of the molecule is Cc1cccc(CNC(=O)CN2C[C@@H](C(F)(F)F)[C@H](C(=O)O)C2)c1.Cl. The van der Waals surface area contributed by atoms with Crippen LogP contribution in [0.5, 0.6) is 0 Å². The van der Waals surface area contributed by atoms with Crippen molar-refractivity contribution in [2.45, 2.75) is 19.6 Å². The molecule has 1 aliphatic rings. The van der Waals surface area contributed by atoms with Crippen molar-refractivity contribution in [3.8, 4) is 0 Å². The predicted octanol–water partition coefficient (Wildman–Crippen LogP) is 2.23. The first-order valence-corrected chi connectivity index (χ1v) is 7.51. The van der Waals surface area contributed by atoms with E-state index in [9.17, 15) is 22.8 Å². The van der Waals surface area contributed by atoms with Crippen LogP contribution in [0.15, 0.2) is 24.3 Å². The minimum atomic E-state index is -4.59. The van der Waals surface area contributed by atoms with Crippen molar-refractivity contribution < 1.29 is 27.9 Å². The van der Waals surface area contributed by atoms with Crippen LogP contribution in [0.25, 0.3) is 0 Å². The first-order chi connectivity index (χ1) is 11.2. The molecule has 2 atom stereocenters. The lowest BCUT2D eigenvalue weighted by atomic mass is 9.96. The van der Waals surface area contributed by atoms with E-state index >= 15 is 0 Å². The van der Waals surface area contributed by atoms with Crippen molar-refractivity contribution >= 4 is 24.3 Å². The topological polar surface area (TPSA) is 69.6 Å². The maximum Gasteiger partial charge on any atom is 0.393 e. The first kappa shape index (κ1) is 21.2. The van der Waals surface area contributed by atoms with Crippen LogP contribution in [0.4, 0.5) is 13.2 Å². The maximum atomic E-state index is 12.9. The van der Waals surface area contributed by atoms with Crippen LogP contribution < -0.4 is 5.32 Å². The fourth-order valence-electron chi connectivity index (χ4n) is 2.88. The maximum absolute atomic E-state index is 12.9. The molecule has 2 rings (SSSR count). The number of nitrogens with zero attached hydrogens (tertiary/aromatic N) is 1. The van der Waals surface area contributed by atoms with Gasteiger partial charge in [-0.2, -0.15) is 13.2 Å². The highest BCUT2D eigenvalue weighted by Gasteiger charge is 2.52. The van der Waals surface area contributed by atoms with Crippen molar-refractivity contribution in [3.63, 3.8) is 0 Å². The number of aryl methyl sites for hydroxylation is 1. The van der Waals surface area contributed by atoms with Crippen molar-refractivity contribution in [2.24, 2.45) is 11.8 Å². The fourth-order valence-corrected chi connectivity index (χ4v) is 2.88. The number of carbonyl (C=O) groups excluding carboxylic acids is 1. The Morgan fingerprint density at radius 2 is 2.00 bits per heavy atom. The van der Waals surface area contributed by atoms with Crippen molar-refractivity contribution in [2.75, 3.05) is 19.6 Å². The monoisotopic (exact) mass is 380 g/mol. The number of carbonyl (C=O) groups is 2. The average molecular weight is 381 g/mol. The molecule has 1 fully saturated rings. The lowest BCUT2D eigenvalue weighted by Gasteiger charge is -2.18. The average Bonchev–Trinajstić information content (AvgIpc) is 2.89. The standard InChI is InChI=1S/C16H19F3N2O3.ClH/c1-10-3-2-4-11(5-10)6-20-14(22)9-21-7-12(15(23)24)13(8-21)16(17,18)19;/h2-5,12-13H,6-9H2,1H3,(H,20,22)(H,23,24);1H/t12-,13-;/m1./s1. The third-order valence-electron chi connectivity index (χ3n) is 4.07. The van der Waals surface area contributed by atoms with Crippen molar-refractivity contribution in [3.05, 3.63) is 35.4 Å². The van der Waals surface area contributed by atoms with E-state index in [0.717, 1.165) is 11.1 Å². The fraction of sp³-hybridized carbons (Fsp3) is 0.500. The molecule has 0 spiro atoms. The Hall–Kier alpha value is -1.80. The van der Waals surface area contributed by atoms with Gasteiger partial charge in [-0.3, -0.25) is 14.5 Å². The molecular formula is C16H20ClF3N2O3. The highest BCUT2D eigenvalue weighted by atomic mass is 35.5. The van der Waals surface area contributed by atoms with Crippen LogP contribution in [-0.4, -0.2) is 47.7 Å². The predicted molar refractivity (Wildman–Crippen MR) is 87.4 cm³/mol. The normalized spacial score (nSPS) is 20.8.